The number of carboxylic acid groups (broad SMARTS) is 1. The summed E-state index contributed by atoms with van der Waals surface area (Å²) in [6.07, 6.45) is 0. The molecular weight excluding hydrogens is 460 g/mol. The van der Waals surface area contributed by atoms with Crippen molar-refractivity contribution in [1.82, 2.24) is 4.58 Å². The largest absolute Gasteiger partial charge is 1.00 e. The number of aryl methyl sites for hydroxylation is 1. The van der Waals surface area contributed by atoms with Gasteiger partial charge in [-0.3, -0.25) is 0 Å². The van der Waals surface area contributed by atoms with E-state index in [-0.39, 0.29) is 18.0 Å². The molecule has 2 aliphatic rings. The van der Waals surface area contributed by atoms with Crippen molar-refractivity contribution in [2.75, 3.05) is 31.1 Å². The van der Waals surface area contributed by atoms with Crippen LogP contribution in [0.4, 0.5) is 5.69 Å². The van der Waals surface area contributed by atoms with E-state index in [4.69, 9.17) is 4.42 Å². The molecular formula is C29H33ClN2O3. The fraction of sp³-hybridized carbons (Fsp3) is 0.310. The quantitative estimate of drug-likeness (QED) is 0.318. The molecule has 184 valence electrons. The Kier molecular flexibility index (Phi) is 8.23. The molecule has 2 aromatic rings. The minimum Gasteiger partial charge on any atom is -1.00 e. The van der Waals surface area contributed by atoms with Crippen molar-refractivity contribution in [2.45, 2.75) is 34.6 Å². The molecule has 0 radical (unpaired) electrons. The summed E-state index contributed by atoms with van der Waals surface area (Å²) in [6, 6.07) is 17.7. The fourth-order valence-corrected chi connectivity index (χ4v) is 4.89. The number of hydrogen-bond acceptors (Lipinski definition) is 3. The number of benzene rings is 3. The molecule has 6 heteroatoms. The van der Waals surface area contributed by atoms with Crippen molar-refractivity contribution in [3.05, 3.63) is 71.1 Å². The molecule has 1 aliphatic carbocycles. The maximum Gasteiger partial charge on any atom is 0.336 e. The second-order valence-corrected chi connectivity index (χ2v) is 8.49. The van der Waals surface area contributed by atoms with Gasteiger partial charge in [-0.2, -0.15) is 0 Å². The van der Waals surface area contributed by atoms with Crippen LogP contribution in [-0.4, -0.2) is 37.3 Å². The second kappa shape index (κ2) is 11.0. The molecule has 0 aromatic heterocycles. The molecule has 35 heavy (non-hydrogen) atoms. The van der Waals surface area contributed by atoms with E-state index in [1.165, 1.54) is 0 Å². The standard InChI is InChI=1S/C29H32N2O3.ClH/c1-6-30(7-2)20-14-15-23-26(17-20)34-27-18-25(31(8-3)9-4)19(5)16-24(27)28(23)21-12-10-11-13-22(21)29(32)33;/h10-18H,6-9H2,1-5H3;1H. The average Bonchev–Trinajstić information content (AvgIpc) is 2.84. The number of anilines is 1. The molecule has 5 nitrogen and oxygen atoms in total. The molecule has 0 saturated heterocycles. The Hall–Kier alpha value is -3.31. The average molecular weight is 493 g/mol. The normalized spacial score (nSPS) is 10.9. The molecule has 0 fully saturated rings. The van der Waals surface area contributed by atoms with Crippen molar-refractivity contribution in [3.63, 3.8) is 0 Å². The van der Waals surface area contributed by atoms with Crippen molar-refractivity contribution in [2.24, 2.45) is 0 Å². The van der Waals surface area contributed by atoms with Gasteiger partial charge >= 0.3 is 5.97 Å². The summed E-state index contributed by atoms with van der Waals surface area (Å²) in [7, 11) is 0. The molecule has 1 heterocycles. The first-order chi connectivity index (χ1) is 16.4. The van der Waals surface area contributed by atoms with Crippen molar-refractivity contribution >= 4 is 22.6 Å². The van der Waals surface area contributed by atoms with Gasteiger partial charge in [0.1, 0.15) is 24.4 Å². The number of carbonyl (C=O) groups is 1. The number of nitrogens with zero attached hydrogens (tertiary/aromatic N) is 2. The van der Waals surface area contributed by atoms with E-state index >= 15 is 0 Å². The third-order valence-corrected chi connectivity index (χ3v) is 6.68. The summed E-state index contributed by atoms with van der Waals surface area (Å²) in [5.74, 6) is -0.180. The maximum atomic E-state index is 12.1. The summed E-state index contributed by atoms with van der Waals surface area (Å²) in [5, 5.41) is 12.0. The van der Waals surface area contributed by atoms with Crippen LogP contribution in [0.25, 0.3) is 33.4 Å². The number of halogens is 1. The lowest BCUT2D eigenvalue weighted by Crippen LogP contribution is -3.00. The van der Waals surface area contributed by atoms with Crippen LogP contribution < -0.4 is 27.2 Å². The van der Waals surface area contributed by atoms with Crippen LogP contribution in [0.3, 0.4) is 0 Å². The summed E-state index contributed by atoms with van der Waals surface area (Å²) in [4.78, 5) is 14.4. The first kappa shape index (κ1) is 26.3. The van der Waals surface area contributed by atoms with Gasteiger partial charge in [-0.05, 0) is 64.4 Å². The Balaban J connectivity index is 0.00000342. The number of fused-ring (bicyclic) bond motifs is 2. The lowest BCUT2D eigenvalue weighted by atomic mass is 9.90. The minimum absolute atomic E-state index is 0. The van der Waals surface area contributed by atoms with Gasteiger partial charge in [-0.25, -0.2) is 9.37 Å². The summed E-state index contributed by atoms with van der Waals surface area (Å²) in [6.45, 7) is 14.3. The van der Waals surface area contributed by atoms with Crippen molar-refractivity contribution in [3.8, 4) is 22.5 Å². The molecule has 0 unspecified atom stereocenters. The van der Waals surface area contributed by atoms with E-state index in [9.17, 15) is 9.90 Å². The van der Waals surface area contributed by atoms with Gasteiger partial charge in [0.05, 0.1) is 11.6 Å². The van der Waals surface area contributed by atoms with E-state index in [2.05, 4.69) is 74.4 Å². The van der Waals surface area contributed by atoms with Crippen LogP contribution in [0.5, 0.6) is 0 Å². The Labute approximate surface area is 213 Å². The van der Waals surface area contributed by atoms with Crippen molar-refractivity contribution < 1.29 is 26.7 Å². The summed E-state index contributed by atoms with van der Waals surface area (Å²) >= 11 is 0. The molecule has 2 aromatic carbocycles. The molecule has 1 N–H and O–H groups in total. The molecule has 4 rings (SSSR count). The third-order valence-electron chi connectivity index (χ3n) is 6.68. The van der Waals surface area contributed by atoms with Crippen LogP contribution >= 0.6 is 0 Å². The van der Waals surface area contributed by atoms with Gasteiger partial charge in [0.15, 0.2) is 0 Å². The van der Waals surface area contributed by atoms with Crippen LogP contribution in [0.2, 0.25) is 0 Å². The summed E-state index contributed by atoms with van der Waals surface area (Å²) < 4.78 is 8.83. The summed E-state index contributed by atoms with van der Waals surface area (Å²) in [5.41, 5.74) is 5.79. The SMILES string of the molecule is CCN(CC)c1ccc2c(-c3ccccc3C(=O)O)c3cc(C)c(=[N+](CC)CC)cc-3oc2c1.[Cl-]. The molecule has 0 atom stereocenters. The lowest BCUT2D eigenvalue weighted by Gasteiger charge is -2.22. The van der Waals surface area contributed by atoms with Gasteiger partial charge in [-0.1, -0.05) is 18.2 Å². The van der Waals surface area contributed by atoms with E-state index < -0.39 is 5.97 Å². The topological polar surface area (TPSA) is 56.7 Å². The van der Waals surface area contributed by atoms with Crippen LogP contribution in [0.15, 0.2) is 59.0 Å². The zero-order chi connectivity index (χ0) is 24.4. The Bertz CT molecular complexity index is 1400. The number of rotatable bonds is 7. The Morgan fingerprint density at radius 3 is 2.26 bits per heavy atom. The van der Waals surface area contributed by atoms with Crippen molar-refractivity contribution in [1.29, 1.82) is 0 Å². The van der Waals surface area contributed by atoms with E-state index in [0.29, 0.717) is 5.56 Å². The van der Waals surface area contributed by atoms with Crippen LogP contribution in [0, 0.1) is 6.92 Å². The minimum atomic E-state index is -0.936. The van der Waals surface area contributed by atoms with Gasteiger partial charge in [0.25, 0.3) is 0 Å². The van der Waals surface area contributed by atoms with Gasteiger partial charge in [0, 0.05) is 46.9 Å². The predicted molar refractivity (Wildman–Crippen MR) is 140 cm³/mol. The highest BCUT2D eigenvalue weighted by Gasteiger charge is 2.23. The molecule has 0 spiro atoms. The molecule has 1 aliphatic heterocycles. The number of aromatic carboxylic acids is 1. The van der Waals surface area contributed by atoms with Gasteiger partial charge in [-0.15, -0.1) is 0 Å². The maximum absolute atomic E-state index is 12.1. The number of hydrogen-bond donors (Lipinski definition) is 1. The first-order valence-electron chi connectivity index (χ1n) is 12.1. The molecule has 0 saturated carbocycles. The zero-order valence-electron chi connectivity index (χ0n) is 21.1. The van der Waals surface area contributed by atoms with E-state index in [1.54, 1.807) is 12.1 Å². The second-order valence-electron chi connectivity index (χ2n) is 8.49. The Morgan fingerprint density at radius 2 is 1.63 bits per heavy atom. The first-order valence-corrected chi connectivity index (χ1v) is 12.1. The van der Waals surface area contributed by atoms with Gasteiger partial charge in [0.2, 0.25) is 5.36 Å². The highest BCUT2D eigenvalue weighted by Crippen LogP contribution is 2.42. The van der Waals surface area contributed by atoms with E-state index in [0.717, 1.165) is 70.6 Å². The Morgan fingerprint density at radius 1 is 0.943 bits per heavy atom. The van der Waals surface area contributed by atoms with Gasteiger partial charge < -0.3 is 26.8 Å². The lowest BCUT2D eigenvalue weighted by molar-refractivity contribution is -0.0000230. The smallest absolute Gasteiger partial charge is 0.336 e. The molecule has 0 amide bonds. The zero-order valence-corrected chi connectivity index (χ0v) is 21.8. The number of carboxylic acids is 1. The predicted octanol–water partition coefficient (Wildman–Crippen LogP) is 2.87. The highest BCUT2D eigenvalue weighted by molar-refractivity contribution is 6.07. The highest BCUT2D eigenvalue weighted by atomic mass is 35.5. The molecule has 0 bridgehead atoms. The fourth-order valence-electron chi connectivity index (χ4n) is 4.89. The van der Waals surface area contributed by atoms with Crippen LogP contribution in [-0.2, 0) is 0 Å². The van der Waals surface area contributed by atoms with E-state index in [1.807, 2.05) is 12.1 Å². The monoisotopic (exact) mass is 492 g/mol. The third kappa shape index (κ3) is 4.78. The van der Waals surface area contributed by atoms with Crippen LogP contribution in [0.1, 0.15) is 43.6 Å².